The van der Waals surface area contributed by atoms with Crippen molar-refractivity contribution in [1.82, 2.24) is 4.31 Å². The van der Waals surface area contributed by atoms with Crippen LogP contribution in [0.2, 0.25) is 0 Å². The van der Waals surface area contributed by atoms with E-state index >= 15 is 0 Å². The maximum absolute atomic E-state index is 13.6. The molecule has 0 aliphatic carbocycles. The number of fused-ring (bicyclic) bond motifs is 1. The summed E-state index contributed by atoms with van der Waals surface area (Å²) in [6.45, 7) is 1.37. The van der Waals surface area contributed by atoms with Gasteiger partial charge in [0.25, 0.3) is 0 Å². The summed E-state index contributed by atoms with van der Waals surface area (Å²) in [4.78, 5) is 27.2. The molecule has 0 fully saturated rings. The Morgan fingerprint density at radius 2 is 1.66 bits per heavy atom. The van der Waals surface area contributed by atoms with Gasteiger partial charge in [-0.3, -0.25) is 4.79 Å². The molecule has 1 atom stereocenters. The van der Waals surface area contributed by atoms with Crippen LogP contribution in [0.3, 0.4) is 0 Å². The summed E-state index contributed by atoms with van der Waals surface area (Å²) in [6.07, 6.45) is -1.02. The maximum Gasteiger partial charge on any atom is 0.348 e. The lowest BCUT2D eigenvalue weighted by molar-refractivity contribution is -0.148. The van der Waals surface area contributed by atoms with Crippen molar-refractivity contribution in [3.8, 4) is 5.75 Å². The molecule has 1 aliphatic heterocycles. The van der Waals surface area contributed by atoms with Crippen LogP contribution in [-0.2, 0) is 30.9 Å². The molecular formula is C26H26N2O6S. The van der Waals surface area contributed by atoms with Crippen molar-refractivity contribution in [2.24, 2.45) is 0 Å². The Bertz CT molecular complexity index is 1310. The molecule has 0 radical (unpaired) electrons. The van der Waals surface area contributed by atoms with Gasteiger partial charge in [-0.1, -0.05) is 60.2 Å². The molecule has 1 aliphatic rings. The van der Waals surface area contributed by atoms with Crippen molar-refractivity contribution in [3.63, 3.8) is 0 Å². The van der Waals surface area contributed by atoms with Gasteiger partial charge in [0, 0.05) is 6.54 Å². The van der Waals surface area contributed by atoms with Gasteiger partial charge in [0.05, 0.1) is 30.8 Å². The van der Waals surface area contributed by atoms with Crippen molar-refractivity contribution in [2.45, 2.75) is 24.5 Å². The van der Waals surface area contributed by atoms with Crippen molar-refractivity contribution in [1.29, 1.82) is 0 Å². The normalized spacial score (nSPS) is 15.3. The van der Waals surface area contributed by atoms with Gasteiger partial charge in [0.2, 0.25) is 22.0 Å². The molecular weight excluding hydrogens is 468 g/mol. The predicted molar refractivity (Wildman–Crippen MR) is 130 cm³/mol. The van der Waals surface area contributed by atoms with Gasteiger partial charge < -0.3 is 14.4 Å². The monoisotopic (exact) mass is 494 g/mol. The van der Waals surface area contributed by atoms with Crippen molar-refractivity contribution < 1.29 is 27.5 Å². The number of nitrogens with zero attached hydrogens (tertiary/aromatic N) is 2. The highest BCUT2D eigenvalue weighted by molar-refractivity contribution is 7.89. The molecule has 8 nitrogen and oxygen atoms in total. The first-order chi connectivity index (χ1) is 16.8. The van der Waals surface area contributed by atoms with Gasteiger partial charge in [-0.05, 0) is 36.8 Å². The van der Waals surface area contributed by atoms with Crippen LogP contribution < -0.4 is 9.64 Å². The zero-order chi connectivity index (χ0) is 25.0. The van der Waals surface area contributed by atoms with Crippen LogP contribution in [0, 0.1) is 6.92 Å². The molecule has 4 rings (SSSR count). The van der Waals surface area contributed by atoms with E-state index in [2.05, 4.69) is 0 Å². The number of carbonyl (C=O) groups is 2. The fraction of sp³-hybridized carbons (Fsp3) is 0.231. The van der Waals surface area contributed by atoms with E-state index in [9.17, 15) is 18.0 Å². The molecule has 35 heavy (non-hydrogen) atoms. The smallest absolute Gasteiger partial charge is 0.348 e. The van der Waals surface area contributed by atoms with Crippen LogP contribution in [0.15, 0.2) is 83.8 Å². The largest absolute Gasteiger partial charge is 0.475 e. The molecule has 0 N–H and O–H groups in total. The van der Waals surface area contributed by atoms with Crippen molar-refractivity contribution in [3.05, 3.63) is 90.0 Å². The van der Waals surface area contributed by atoms with E-state index in [0.29, 0.717) is 11.4 Å². The third-order valence-corrected chi connectivity index (χ3v) is 7.52. The maximum atomic E-state index is 13.6. The second kappa shape index (κ2) is 10.3. The number of hydrogen-bond donors (Lipinski definition) is 0. The SMILES string of the molecule is COC(=O)[C@@H]1CN(C(=O)CN(Cc2ccccc2)S(=O)(=O)c2ccc(C)cc2)c2ccccc2O1. The summed E-state index contributed by atoms with van der Waals surface area (Å²) >= 11 is 0. The Morgan fingerprint density at radius 3 is 2.34 bits per heavy atom. The topological polar surface area (TPSA) is 93.2 Å². The Kier molecular flexibility index (Phi) is 7.18. The van der Waals surface area contributed by atoms with E-state index in [1.165, 1.54) is 24.1 Å². The van der Waals surface area contributed by atoms with Crippen LogP contribution >= 0.6 is 0 Å². The summed E-state index contributed by atoms with van der Waals surface area (Å²) in [5.41, 5.74) is 2.13. The van der Waals surface area contributed by atoms with E-state index in [4.69, 9.17) is 9.47 Å². The quantitative estimate of drug-likeness (QED) is 0.469. The first kappa shape index (κ1) is 24.4. The van der Waals surface area contributed by atoms with Crippen LogP contribution in [0.1, 0.15) is 11.1 Å². The zero-order valence-corrected chi connectivity index (χ0v) is 20.3. The van der Waals surface area contributed by atoms with Gasteiger partial charge in [-0.15, -0.1) is 0 Å². The van der Waals surface area contributed by atoms with Crippen LogP contribution in [0.25, 0.3) is 0 Å². The summed E-state index contributed by atoms with van der Waals surface area (Å²) < 4.78 is 38.8. The molecule has 0 saturated heterocycles. The highest BCUT2D eigenvalue weighted by Crippen LogP contribution is 2.34. The van der Waals surface area contributed by atoms with Gasteiger partial charge in [0.1, 0.15) is 5.75 Å². The number of esters is 1. The molecule has 0 saturated carbocycles. The lowest BCUT2D eigenvalue weighted by atomic mass is 10.2. The number of benzene rings is 3. The average molecular weight is 495 g/mol. The Hall–Kier alpha value is -3.69. The van der Waals surface area contributed by atoms with E-state index in [1.54, 1.807) is 48.5 Å². The molecule has 0 aromatic heterocycles. The van der Waals surface area contributed by atoms with Gasteiger partial charge >= 0.3 is 5.97 Å². The minimum Gasteiger partial charge on any atom is -0.475 e. The molecule has 3 aromatic carbocycles. The number of methoxy groups -OCH3 is 1. The third kappa shape index (κ3) is 5.36. The zero-order valence-electron chi connectivity index (χ0n) is 19.5. The van der Waals surface area contributed by atoms with Gasteiger partial charge in [0.15, 0.2) is 0 Å². The van der Waals surface area contributed by atoms with E-state index < -0.39 is 34.5 Å². The number of rotatable bonds is 7. The third-order valence-electron chi connectivity index (χ3n) is 5.71. The highest BCUT2D eigenvalue weighted by Gasteiger charge is 2.36. The molecule has 182 valence electrons. The Labute approximate surface area is 204 Å². The minimum absolute atomic E-state index is 0.00913. The van der Waals surface area contributed by atoms with Crippen LogP contribution in [0.4, 0.5) is 5.69 Å². The number of para-hydroxylation sites is 2. The lowest BCUT2D eigenvalue weighted by Crippen LogP contribution is -2.50. The Morgan fingerprint density at radius 1 is 1.00 bits per heavy atom. The molecule has 0 bridgehead atoms. The second-order valence-electron chi connectivity index (χ2n) is 8.17. The second-order valence-corrected chi connectivity index (χ2v) is 10.1. The lowest BCUT2D eigenvalue weighted by Gasteiger charge is -2.34. The summed E-state index contributed by atoms with van der Waals surface area (Å²) in [5, 5.41) is 0. The number of ether oxygens (including phenoxy) is 2. The number of sulfonamides is 1. The standard InChI is InChI=1S/C26H26N2O6S/c1-19-12-14-21(15-13-19)35(31,32)27(16-20-8-4-3-5-9-20)18-25(29)28-17-24(26(30)33-2)34-23-11-7-6-10-22(23)28/h3-15,24H,16-18H2,1-2H3/t24-/m0/s1. The first-order valence-electron chi connectivity index (χ1n) is 11.0. The highest BCUT2D eigenvalue weighted by atomic mass is 32.2. The number of anilines is 1. The summed E-state index contributed by atoms with van der Waals surface area (Å²) in [6, 6.07) is 22.4. The van der Waals surface area contributed by atoms with E-state index in [0.717, 1.165) is 15.4 Å². The first-order valence-corrected chi connectivity index (χ1v) is 12.5. The number of hydrogen-bond acceptors (Lipinski definition) is 6. The van der Waals surface area contributed by atoms with Gasteiger partial charge in [-0.2, -0.15) is 4.31 Å². The molecule has 1 heterocycles. The van der Waals surface area contributed by atoms with Crippen LogP contribution in [0.5, 0.6) is 5.75 Å². The molecule has 3 aromatic rings. The molecule has 1 amide bonds. The number of carbonyl (C=O) groups excluding carboxylic acids is 2. The van der Waals surface area contributed by atoms with Crippen LogP contribution in [-0.4, -0.2) is 50.9 Å². The summed E-state index contributed by atoms with van der Waals surface area (Å²) in [7, 11) is -2.75. The molecule has 9 heteroatoms. The van der Waals surface area contributed by atoms with Gasteiger partial charge in [-0.25, -0.2) is 13.2 Å². The fourth-order valence-electron chi connectivity index (χ4n) is 3.83. The predicted octanol–water partition coefficient (Wildman–Crippen LogP) is 3.15. The summed E-state index contributed by atoms with van der Waals surface area (Å²) in [5.74, 6) is -0.759. The Balaban J connectivity index is 1.67. The van der Waals surface area contributed by atoms with E-state index in [-0.39, 0.29) is 18.0 Å². The average Bonchev–Trinajstić information content (AvgIpc) is 2.88. The fourth-order valence-corrected chi connectivity index (χ4v) is 5.21. The molecule has 0 spiro atoms. The van der Waals surface area contributed by atoms with Crippen molar-refractivity contribution in [2.75, 3.05) is 25.1 Å². The van der Waals surface area contributed by atoms with E-state index in [1.807, 2.05) is 25.1 Å². The molecule has 0 unspecified atom stereocenters. The van der Waals surface area contributed by atoms with Crippen molar-refractivity contribution >= 4 is 27.6 Å². The minimum atomic E-state index is -4.00. The number of aryl methyl sites for hydroxylation is 1. The number of amides is 1.